The maximum atomic E-state index is 9.94. The van der Waals surface area contributed by atoms with Crippen LogP contribution >= 0.6 is 0 Å². The first-order valence-corrected chi connectivity index (χ1v) is 6.19. The van der Waals surface area contributed by atoms with Crippen LogP contribution in [0.5, 0.6) is 11.5 Å². The van der Waals surface area contributed by atoms with Crippen molar-refractivity contribution in [3.8, 4) is 11.5 Å². The normalized spacial score (nSPS) is 19.1. The largest absolute Gasteiger partial charge is 0.504 e. The minimum absolute atomic E-state index is 0.0258. The number of nitrogens with zero attached hydrogens (tertiary/aromatic N) is 1. The Hall–Kier alpha value is -1.26. The summed E-state index contributed by atoms with van der Waals surface area (Å²) < 4.78 is 0. The van der Waals surface area contributed by atoms with E-state index in [4.69, 9.17) is 0 Å². The molecule has 94 valence electrons. The highest BCUT2D eigenvalue weighted by Crippen LogP contribution is 2.36. The van der Waals surface area contributed by atoms with E-state index in [1.165, 1.54) is 6.07 Å². The van der Waals surface area contributed by atoms with Gasteiger partial charge in [0, 0.05) is 37.8 Å². The Kier molecular flexibility index (Phi) is 3.86. The van der Waals surface area contributed by atoms with Crippen LogP contribution in [-0.2, 0) is 0 Å². The van der Waals surface area contributed by atoms with Gasteiger partial charge in [-0.3, -0.25) is 4.90 Å². The zero-order valence-corrected chi connectivity index (χ0v) is 10.2. The summed E-state index contributed by atoms with van der Waals surface area (Å²) in [6.45, 7) is 6.03. The van der Waals surface area contributed by atoms with Crippen molar-refractivity contribution < 1.29 is 10.2 Å². The lowest BCUT2D eigenvalue weighted by Gasteiger charge is -2.35. The van der Waals surface area contributed by atoms with Gasteiger partial charge in [0.05, 0.1) is 0 Å². The van der Waals surface area contributed by atoms with Gasteiger partial charge in [-0.1, -0.05) is 19.1 Å². The molecule has 1 aromatic rings. The second kappa shape index (κ2) is 5.38. The number of phenols is 2. The van der Waals surface area contributed by atoms with E-state index in [0.717, 1.165) is 38.2 Å². The fourth-order valence-electron chi connectivity index (χ4n) is 2.49. The molecule has 1 fully saturated rings. The van der Waals surface area contributed by atoms with E-state index in [9.17, 15) is 10.2 Å². The maximum absolute atomic E-state index is 9.94. The Bertz CT molecular complexity index is 376. The van der Waals surface area contributed by atoms with E-state index in [0.29, 0.717) is 0 Å². The number of nitrogens with one attached hydrogen (secondary N) is 1. The number of aromatic hydroxyl groups is 2. The van der Waals surface area contributed by atoms with Gasteiger partial charge in [0.2, 0.25) is 0 Å². The van der Waals surface area contributed by atoms with E-state index in [2.05, 4.69) is 17.1 Å². The molecule has 0 radical (unpaired) electrons. The van der Waals surface area contributed by atoms with Crippen LogP contribution in [0.2, 0.25) is 0 Å². The van der Waals surface area contributed by atoms with Crippen molar-refractivity contribution in [2.24, 2.45) is 0 Å². The van der Waals surface area contributed by atoms with Gasteiger partial charge in [0.15, 0.2) is 11.5 Å². The lowest BCUT2D eigenvalue weighted by Crippen LogP contribution is -2.45. The summed E-state index contributed by atoms with van der Waals surface area (Å²) >= 11 is 0. The minimum Gasteiger partial charge on any atom is -0.504 e. The Balaban J connectivity index is 2.24. The quantitative estimate of drug-likeness (QED) is 0.695. The number of phenolic OH excluding ortho intramolecular Hbond substituents is 2. The third-order valence-corrected chi connectivity index (χ3v) is 3.38. The molecule has 0 amide bonds. The van der Waals surface area contributed by atoms with Gasteiger partial charge in [-0.2, -0.15) is 0 Å². The van der Waals surface area contributed by atoms with Crippen molar-refractivity contribution in [3.63, 3.8) is 0 Å². The van der Waals surface area contributed by atoms with E-state index in [1.54, 1.807) is 6.07 Å². The lowest BCUT2D eigenvalue weighted by atomic mass is 10.0. The zero-order valence-electron chi connectivity index (χ0n) is 10.2. The molecule has 0 aromatic heterocycles. The summed E-state index contributed by atoms with van der Waals surface area (Å²) in [4.78, 5) is 2.35. The molecule has 2 rings (SSSR count). The third-order valence-electron chi connectivity index (χ3n) is 3.38. The summed E-state index contributed by atoms with van der Waals surface area (Å²) in [6, 6.07) is 5.38. The number of rotatable bonds is 3. The number of benzene rings is 1. The molecular formula is C13H20N2O2. The van der Waals surface area contributed by atoms with Crippen LogP contribution in [0.1, 0.15) is 24.9 Å². The van der Waals surface area contributed by atoms with E-state index < -0.39 is 0 Å². The molecule has 1 atom stereocenters. The monoisotopic (exact) mass is 236 g/mol. The second-order valence-electron chi connectivity index (χ2n) is 4.42. The highest BCUT2D eigenvalue weighted by Gasteiger charge is 2.23. The van der Waals surface area contributed by atoms with Crippen LogP contribution in [0.3, 0.4) is 0 Å². The highest BCUT2D eigenvalue weighted by atomic mass is 16.3. The molecule has 1 aliphatic rings. The van der Waals surface area contributed by atoms with Crippen LogP contribution in [0, 0.1) is 0 Å². The molecule has 1 heterocycles. The van der Waals surface area contributed by atoms with E-state index in [1.807, 2.05) is 6.07 Å². The van der Waals surface area contributed by atoms with Crippen LogP contribution in [-0.4, -0.2) is 41.3 Å². The van der Waals surface area contributed by atoms with Gasteiger partial charge in [-0.05, 0) is 12.5 Å². The van der Waals surface area contributed by atoms with Crippen molar-refractivity contribution in [3.05, 3.63) is 23.8 Å². The SMILES string of the molecule is CC[C@@H](c1cccc(O)c1O)N1CCNCC1. The fourth-order valence-corrected chi connectivity index (χ4v) is 2.49. The van der Waals surface area contributed by atoms with E-state index in [-0.39, 0.29) is 17.5 Å². The molecule has 1 saturated heterocycles. The van der Waals surface area contributed by atoms with Crippen molar-refractivity contribution in [1.82, 2.24) is 10.2 Å². The Labute approximate surface area is 102 Å². The van der Waals surface area contributed by atoms with Crippen molar-refractivity contribution in [2.75, 3.05) is 26.2 Å². The topological polar surface area (TPSA) is 55.7 Å². The van der Waals surface area contributed by atoms with Crippen LogP contribution < -0.4 is 5.32 Å². The molecule has 0 saturated carbocycles. The molecule has 1 aromatic carbocycles. The van der Waals surface area contributed by atoms with Gasteiger partial charge >= 0.3 is 0 Å². The summed E-state index contributed by atoms with van der Waals surface area (Å²) in [6.07, 6.45) is 0.928. The molecule has 0 unspecified atom stereocenters. The summed E-state index contributed by atoms with van der Waals surface area (Å²) in [5, 5.41) is 22.8. The predicted octanol–water partition coefficient (Wildman–Crippen LogP) is 1.45. The average Bonchev–Trinajstić information content (AvgIpc) is 2.37. The Morgan fingerprint density at radius 2 is 2.00 bits per heavy atom. The van der Waals surface area contributed by atoms with Crippen molar-refractivity contribution in [2.45, 2.75) is 19.4 Å². The minimum atomic E-state index is -0.0314. The zero-order chi connectivity index (χ0) is 12.3. The first-order chi connectivity index (χ1) is 8.24. The number of para-hydroxylation sites is 1. The molecule has 4 nitrogen and oxygen atoms in total. The molecule has 3 N–H and O–H groups in total. The Morgan fingerprint density at radius 1 is 1.29 bits per heavy atom. The number of hydrogen-bond acceptors (Lipinski definition) is 4. The summed E-state index contributed by atoms with van der Waals surface area (Å²) in [5.41, 5.74) is 0.828. The molecule has 4 heteroatoms. The smallest absolute Gasteiger partial charge is 0.162 e. The van der Waals surface area contributed by atoms with Gasteiger partial charge < -0.3 is 15.5 Å². The number of piperazine rings is 1. The first kappa shape index (κ1) is 12.2. The maximum Gasteiger partial charge on any atom is 0.162 e. The molecular weight excluding hydrogens is 216 g/mol. The van der Waals surface area contributed by atoms with Crippen LogP contribution in [0.15, 0.2) is 18.2 Å². The molecule has 1 aliphatic heterocycles. The average molecular weight is 236 g/mol. The van der Waals surface area contributed by atoms with E-state index >= 15 is 0 Å². The van der Waals surface area contributed by atoms with Gasteiger partial charge in [0.25, 0.3) is 0 Å². The number of hydrogen-bond donors (Lipinski definition) is 3. The summed E-state index contributed by atoms with van der Waals surface area (Å²) in [7, 11) is 0. The highest BCUT2D eigenvalue weighted by molar-refractivity contribution is 5.45. The molecule has 0 bridgehead atoms. The molecule has 0 aliphatic carbocycles. The van der Waals surface area contributed by atoms with Crippen LogP contribution in [0.25, 0.3) is 0 Å². The predicted molar refractivity (Wildman–Crippen MR) is 67.2 cm³/mol. The van der Waals surface area contributed by atoms with Gasteiger partial charge in [-0.25, -0.2) is 0 Å². The first-order valence-electron chi connectivity index (χ1n) is 6.19. The fraction of sp³-hybridized carbons (Fsp3) is 0.538. The standard InChI is InChI=1S/C13H20N2O2/c1-2-11(15-8-6-14-7-9-15)10-4-3-5-12(16)13(10)17/h3-5,11,14,16-17H,2,6-9H2,1H3/t11-/m0/s1. The molecule has 0 spiro atoms. The lowest BCUT2D eigenvalue weighted by molar-refractivity contribution is 0.166. The van der Waals surface area contributed by atoms with Crippen molar-refractivity contribution in [1.29, 1.82) is 0 Å². The van der Waals surface area contributed by atoms with Crippen molar-refractivity contribution >= 4 is 0 Å². The summed E-state index contributed by atoms with van der Waals surface area (Å²) in [5.74, 6) is -0.00559. The molecule has 17 heavy (non-hydrogen) atoms. The van der Waals surface area contributed by atoms with Gasteiger partial charge in [0.1, 0.15) is 0 Å². The second-order valence-corrected chi connectivity index (χ2v) is 4.42. The Morgan fingerprint density at radius 3 is 2.65 bits per heavy atom. The van der Waals surface area contributed by atoms with Crippen LogP contribution in [0.4, 0.5) is 0 Å². The third kappa shape index (κ3) is 2.53. The van der Waals surface area contributed by atoms with Gasteiger partial charge in [-0.15, -0.1) is 0 Å².